The highest BCUT2D eigenvalue weighted by molar-refractivity contribution is 7.98. The minimum absolute atomic E-state index is 0.681. The van der Waals surface area contributed by atoms with Crippen LogP contribution in [0.15, 0.2) is 41.3 Å². The van der Waals surface area contributed by atoms with Crippen LogP contribution >= 0.6 is 11.8 Å². The average molecular weight is 295 g/mol. The van der Waals surface area contributed by atoms with Crippen molar-refractivity contribution in [2.75, 3.05) is 7.11 Å². The topological polar surface area (TPSA) is 33.0 Å². The lowest BCUT2D eigenvalue weighted by Gasteiger charge is -2.09. The van der Waals surface area contributed by atoms with E-state index in [1.54, 1.807) is 24.9 Å². The monoisotopic (exact) mass is 295 g/mol. The number of hydrogen-bond acceptors (Lipinski definition) is 3. The van der Waals surface area contributed by atoms with E-state index in [0.717, 1.165) is 17.1 Å². The van der Waals surface area contributed by atoms with E-state index < -0.39 is 0 Å². The number of benzene rings is 2. The van der Waals surface area contributed by atoms with Crippen LogP contribution in [0.4, 0.5) is 0 Å². The van der Waals surface area contributed by atoms with Crippen molar-refractivity contribution in [1.82, 2.24) is 0 Å². The summed E-state index contributed by atoms with van der Waals surface area (Å²) in [4.78, 5) is 1.29. The van der Waals surface area contributed by atoms with Crippen LogP contribution in [-0.4, -0.2) is 7.11 Å². The molecular weight excluding hydrogens is 278 g/mol. The van der Waals surface area contributed by atoms with E-state index in [1.165, 1.54) is 35.3 Å². The fourth-order valence-electron chi connectivity index (χ4n) is 2.76. The molecule has 0 radical (unpaired) electrons. The van der Waals surface area contributed by atoms with Crippen LogP contribution in [0.2, 0.25) is 0 Å². The van der Waals surface area contributed by atoms with Gasteiger partial charge >= 0.3 is 0 Å². The molecule has 0 atom stereocenters. The van der Waals surface area contributed by atoms with Crippen molar-refractivity contribution >= 4 is 11.8 Å². The smallest absolute Gasteiger partial charge is 0.122 e. The SMILES string of the molecule is COc1ccc(C#N)cc1CSc1ccc2c(c1)CCC2. The Labute approximate surface area is 129 Å². The normalized spacial score (nSPS) is 12.8. The maximum absolute atomic E-state index is 9.02. The molecule has 0 bridgehead atoms. The summed E-state index contributed by atoms with van der Waals surface area (Å²) >= 11 is 1.80. The Morgan fingerprint density at radius 3 is 2.81 bits per heavy atom. The van der Waals surface area contributed by atoms with Gasteiger partial charge in [0.15, 0.2) is 0 Å². The maximum atomic E-state index is 9.02. The summed E-state index contributed by atoms with van der Waals surface area (Å²) in [6, 6.07) is 14.5. The van der Waals surface area contributed by atoms with Gasteiger partial charge in [-0.3, -0.25) is 0 Å². The second-order valence-corrected chi connectivity index (χ2v) is 6.26. The second kappa shape index (κ2) is 6.24. The van der Waals surface area contributed by atoms with Gasteiger partial charge in [-0.15, -0.1) is 11.8 Å². The third kappa shape index (κ3) is 3.06. The van der Waals surface area contributed by atoms with Crippen LogP contribution in [0, 0.1) is 11.3 Å². The van der Waals surface area contributed by atoms with E-state index in [1.807, 2.05) is 12.1 Å². The van der Waals surface area contributed by atoms with E-state index in [2.05, 4.69) is 24.3 Å². The molecule has 106 valence electrons. The van der Waals surface area contributed by atoms with Gasteiger partial charge in [0, 0.05) is 16.2 Å². The fraction of sp³-hybridized carbons (Fsp3) is 0.278. The van der Waals surface area contributed by atoms with Gasteiger partial charge in [0.25, 0.3) is 0 Å². The molecule has 0 saturated heterocycles. The minimum Gasteiger partial charge on any atom is -0.496 e. The van der Waals surface area contributed by atoms with E-state index in [9.17, 15) is 0 Å². The van der Waals surface area contributed by atoms with Gasteiger partial charge in [-0.05, 0) is 60.7 Å². The summed E-state index contributed by atoms with van der Waals surface area (Å²) in [5, 5.41) is 9.02. The zero-order valence-electron chi connectivity index (χ0n) is 12.1. The molecule has 1 aliphatic rings. The zero-order valence-corrected chi connectivity index (χ0v) is 12.9. The molecule has 0 heterocycles. The number of rotatable bonds is 4. The Hall–Kier alpha value is -1.92. The summed E-state index contributed by atoms with van der Waals surface area (Å²) in [6.45, 7) is 0. The Morgan fingerprint density at radius 1 is 1.14 bits per heavy atom. The molecule has 3 heteroatoms. The maximum Gasteiger partial charge on any atom is 0.122 e. The third-order valence-electron chi connectivity index (χ3n) is 3.87. The summed E-state index contributed by atoms with van der Waals surface area (Å²) in [6.07, 6.45) is 3.71. The molecule has 0 saturated carbocycles. The molecule has 0 unspecified atom stereocenters. The van der Waals surface area contributed by atoms with Gasteiger partial charge in [0.05, 0.1) is 18.7 Å². The van der Waals surface area contributed by atoms with E-state index in [4.69, 9.17) is 10.00 Å². The number of thioether (sulfide) groups is 1. The highest BCUT2D eigenvalue weighted by atomic mass is 32.2. The van der Waals surface area contributed by atoms with Gasteiger partial charge in [-0.1, -0.05) is 6.07 Å². The first-order valence-corrected chi connectivity index (χ1v) is 8.10. The van der Waals surface area contributed by atoms with Crippen LogP contribution in [0.25, 0.3) is 0 Å². The first-order valence-electron chi connectivity index (χ1n) is 7.12. The van der Waals surface area contributed by atoms with Gasteiger partial charge in [0.1, 0.15) is 5.75 Å². The summed E-state index contributed by atoms with van der Waals surface area (Å²) in [5.74, 6) is 1.67. The van der Waals surface area contributed by atoms with Crippen LogP contribution in [0.1, 0.15) is 28.7 Å². The predicted molar refractivity (Wildman–Crippen MR) is 85.7 cm³/mol. The Balaban J connectivity index is 1.77. The zero-order chi connectivity index (χ0) is 14.7. The van der Waals surface area contributed by atoms with Crippen LogP contribution in [0.5, 0.6) is 5.75 Å². The van der Waals surface area contributed by atoms with E-state index >= 15 is 0 Å². The number of nitrogens with zero attached hydrogens (tertiary/aromatic N) is 1. The number of hydrogen-bond donors (Lipinski definition) is 0. The molecule has 0 amide bonds. The lowest BCUT2D eigenvalue weighted by atomic mass is 10.1. The van der Waals surface area contributed by atoms with E-state index in [0.29, 0.717) is 5.56 Å². The Morgan fingerprint density at radius 2 is 2.00 bits per heavy atom. The highest BCUT2D eigenvalue weighted by Crippen LogP contribution is 2.32. The first kappa shape index (κ1) is 14.0. The lowest BCUT2D eigenvalue weighted by Crippen LogP contribution is -1.92. The van der Waals surface area contributed by atoms with Crippen molar-refractivity contribution in [3.63, 3.8) is 0 Å². The number of methoxy groups -OCH3 is 1. The van der Waals surface area contributed by atoms with Crippen molar-refractivity contribution in [2.24, 2.45) is 0 Å². The minimum atomic E-state index is 0.681. The summed E-state index contributed by atoms with van der Waals surface area (Å²) in [7, 11) is 1.67. The molecule has 0 fully saturated rings. The molecular formula is C18H17NOS. The molecule has 0 N–H and O–H groups in total. The number of nitriles is 1. The van der Waals surface area contributed by atoms with Crippen molar-refractivity contribution in [2.45, 2.75) is 29.9 Å². The van der Waals surface area contributed by atoms with Gasteiger partial charge < -0.3 is 4.74 Å². The third-order valence-corrected chi connectivity index (χ3v) is 4.92. The van der Waals surface area contributed by atoms with Crippen LogP contribution in [0.3, 0.4) is 0 Å². The van der Waals surface area contributed by atoms with Crippen LogP contribution in [-0.2, 0) is 18.6 Å². The predicted octanol–water partition coefficient (Wildman–Crippen LogP) is 4.35. The quantitative estimate of drug-likeness (QED) is 0.786. The van der Waals surface area contributed by atoms with Crippen molar-refractivity contribution in [3.05, 3.63) is 58.7 Å². The molecule has 21 heavy (non-hydrogen) atoms. The van der Waals surface area contributed by atoms with Crippen molar-refractivity contribution in [1.29, 1.82) is 5.26 Å². The Kier molecular flexibility index (Phi) is 4.17. The second-order valence-electron chi connectivity index (χ2n) is 5.21. The standard InChI is InChI=1S/C18H17NOS/c1-20-18-8-5-13(11-19)9-16(18)12-21-17-7-6-14-3-2-4-15(14)10-17/h5-10H,2-4,12H2,1H3. The van der Waals surface area contributed by atoms with Gasteiger partial charge in [0.2, 0.25) is 0 Å². The molecule has 2 nitrogen and oxygen atoms in total. The summed E-state index contributed by atoms with van der Waals surface area (Å²) < 4.78 is 5.38. The fourth-order valence-corrected chi connectivity index (χ4v) is 3.70. The first-order chi connectivity index (χ1) is 10.3. The Bertz CT molecular complexity index is 703. The number of aryl methyl sites for hydroxylation is 2. The molecule has 0 spiro atoms. The van der Waals surface area contributed by atoms with Gasteiger partial charge in [-0.2, -0.15) is 5.26 Å². The highest BCUT2D eigenvalue weighted by Gasteiger charge is 2.11. The molecule has 3 rings (SSSR count). The largest absolute Gasteiger partial charge is 0.496 e. The van der Waals surface area contributed by atoms with Crippen LogP contribution < -0.4 is 4.74 Å². The van der Waals surface area contributed by atoms with Gasteiger partial charge in [-0.25, -0.2) is 0 Å². The molecule has 1 aliphatic carbocycles. The number of fused-ring (bicyclic) bond motifs is 1. The average Bonchev–Trinajstić information content (AvgIpc) is 3.00. The molecule has 0 aromatic heterocycles. The number of ether oxygens (including phenoxy) is 1. The van der Waals surface area contributed by atoms with E-state index in [-0.39, 0.29) is 0 Å². The van der Waals surface area contributed by atoms with Crippen molar-refractivity contribution in [3.8, 4) is 11.8 Å². The molecule has 0 aliphatic heterocycles. The molecule has 2 aromatic carbocycles. The lowest BCUT2D eigenvalue weighted by molar-refractivity contribution is 0.411. The molecule has 2 aromatic rings. The summed E-state index contributed by atoms with van der Waals surface area (Å²) in [5.41, 5.74) is 4.75. The van der Waals surface area contributed by atoms with Crippen molar-refractivity contribution < 1.29 is 4.74 Å².